The van der Waals surface area contributed by atoms with Crippen LogP contribution >= 0.6 is 11.3 Å². The Hall–Kier alpha value is -1.40. The lowest BCUT2D eigenvalue weighted by Crippen LogP contribution is -2.21. The number of rotatable bonds is 6. The van der Waals surface area contributed by atoms with Crippen LogP contribution in [0.25, 0.3) is 0 Å². The van der Waals surface area contributed by atoms with Gasteiger partial charge in [-0.2, -0.15) is 0 Å². The van der Waals surface area contributed by atoms with Gasteiger partial charge in [0.2, 0.25) is 5.89 Å². The van der Waals surface area contributed by atoms with Crippen molar-refractivity contribution in [3.05, 3.63) is 28.3 Å². The third-order valence-electron chi connectivity index (χ3n) is 2.81. The van der Waals surface area contributed by atoms with Gasteiger partial charge in [0, 0.05) is 11.4 Å². The van der Waals surface area contributed by atoms with Gasteiger partial charge in [-0.25, -0.2) is 0 Å². The molecule has 18 heavy (non-hydrogen) atoms. The average Bonchev–Trinajstić information content (AvgIpc) is 3.05. The molecule has 2 rings (SSSR count). The molecule has 2 aromatic heterocycles. The summed E-state index contributed by atoms with van der Waals surface area (Å²) >= 11 is 1.74. The van der Waals surface area contributed by atoms with Gasteiger partial charge in [-0.3, -0.25) is 0 Å². The van der Waals surface area contributed by atoms with Crippen LogP contribution in [0, 0.1) is 0 Å². The summed E-state index contributed by atoms with van der Waals surface area (Å²) in [4.78, 5) is 3.36. The summed E-state index contributed by atoms with van der Waals surface area (Å²) in [5, 5.41) is 13.3. The largest absolute Gasteiger partial charge is 0.406 e. The predicted octanol–water partition coefficient (Wildman–Crippen LogP) is 2.44. The molecule has 0 aliphatic rings. The highest BCUT2D eigenvalue weighted by molar-refractivity contribution is 7.09. The van der Waals surface area contributed by atoms with Gasteiger partial charge in [-0.05, 0) is 32.3 Å². The Morgan fingerprint density at radius 2 is 2.33 bits per heavy atom. The fraction of sp³-hybridized carbons (Fsp3) is 0.500. The third-order valence-corrected chi connectivity index (χ3v) is 3.67. The highest BCUT2D eigenvalue weighted by Crippen LogP contribution is 2.20. The molecule has 0 saturated heterocycles. The van der Waals surface area contributed by atoms with E-state index in [0.29, 0.717) is 11.9 Å². The van der Waals surface area contributed by atoms with E-state index >= 15 is 0 Å². The topological polar surface area (TPSA) is 54.2 Å². The first-order valence-corrected chi connectivity index (χ1v) is 6.90. The molecule has 2 heterocycles. The van der Waals surface area contributed by atoms with E-state index in [2.05, 4.69) is 44.9 Å². The molecule has 6 heteroatoms. The van der Waals surface area contributed by atoms with E-state index in [9.17, 15) is 0 Å². The van der Waals surface area contributed by atoms with Gasteiger partial charge in [0.25, 0.3) is 0 Å². The van der Waals surface area contributed by atoms with Crippen molar-refractivity contribution < 1.29 is 4.42 Å². The van der Waals surface area contributed by atoms with Crippen molar-refractivity contribution in [1.29, 1.82) is 0 Å². The van der Waals surface area contributed by atoms with Crippen LogP contribution in [0.1, 0.15) is 30.7 Å². The van der Waals surface area contributed by atoms with Crippen molar-refractivity contribution in [1.82, 2.24) is 15.5 Å². The molecule has 0 saturated carbocycles. The van der Waals surface area contributed by atoms with Crippen molar-refractivity contribution in [3.63, 3.8) is 0 Å². The monoisotopic (exact) mass is 266 g/mol. The van der Waals surface area contributed by atoms with Crippen LogP contribution in [0.3, 0.4) is 0 Å². The van der Waals surface area contributed by atoms with Crippen LogP contribution in [0.5, 0.6) is 0 Å². The summed E-state index contributed by atoms with van der Waals surface area (Å²) in [5.41, 5.74) is 0. The molecule has 0 fully saturated rings. The van der Waals surface area contributed by atoms with Gasteiger partial charge in [-0.1, -0.05) is 11.2 Å². The summed E-state index contributed by atoms with van der Waals surface area (Å²) < 4.78 is 5.68. The minimum absolute atomic E-state index is 0.0756. The number of aromatic nitrogens is 2. The Morgan fingerprint density at radius 1 is 1.50 bits per heavy atom. The fourth-order valence-corrected chi connectivity index (χ4v) is 2.28. The van der Waals surface area contributed by atoms with Crippen LogP contribution < -0.4 is 10.2 Å². The minimum atomic E-state index is 0.0756. The number of hydrogen-bond acceptors (Lipinski definition) is 6. The van der Waals surface area contributed by atoms with E-state index < -0.39 is 0 Å². The summed E-state index contributed by atoms with van der Waals surface area (Å²) in [6.07, 6.45) is 0. The first-order chi connectivity index (χ1) is 8.74. The van der Waals surface area contributed by atoms with Crippen molar-refractivity contribution in [2.45, 2.75) is 26.4 Å². The molecule has 0 aromatic carbocycles. The second kappa shape index (κ2) is 5.97. The Balaban J connectivity index is 2.10. The maximum atomic E-state index is 5.68. The van der Waals surface area contributed by atoms with E-state index in [-0.39, 0.29) is 6.04 Å². The van der Waals surface area contributed by atoms with Crippen LogP contribution in [-0.2, 0) is 6.54 Å². The van der Waals surface area contributed by atoms with Crippen LogP contribution in [-0.4, -0.2) is 23.8 Å². The molecule has 2 aromatic rings. The zero-order valence-electron chi connectivity index (χ0n) is 10.9. The first-order valence-electron chi connectivity index (χ1n) is 6.02. The molecule has 0 spiro atoms. The molecule has 1 atom stereocenters. The Kier molecular flexibility index (Phi) is 4.33. The number of anilines is 1. The molecule has 0 aliphatic carbocycles. The summed E-state index contributed by atoms with van der Waals surface area (Å²) in [7, 11) is 1.87. The Morgan fingerprint density at radius 3 is 2.94 bits per heavy atom. The molecule has 0 amide bonds. The van der Waals surface area contributed by atoms with Gasteiger partial charge in [0.15, 0.2) is 0 Å². The minimum Gasteiger partial charge on any atom is -0.406 e. The molecule has 0 aliphatic heterocycles. The van der Waals surface area contributed by atoms with Crippen molar-refractivity contribution >= 4 is 17.4 Å². The van der Waals surface area contributed by atoms with Crippen molar-refractivity contribution in [2.24, 2.45) is 0 Å². The Bertz CT molecular complexity index is 468. The van der Waals surface area contributed by atoms with Crippen molar-refractivity contribution in [3.8, 4) is 0 Å². The zero-order valence-corrected chi connectivity index (χ0v) is 11.7. The van der Waals surface area contributed by atoms with Crippen molar-refractivity contribution in [2.75, 3.05) is 18.5 Å². The normalized spacial score (nSPS) is 12.6. The van der Waals surface area contributed by atoms with E-state index in [1.807, 2.05) is 14.0 Å². The molecule has 0 radical (unpaired) electrons. The highest BCUT2D eigenvalue weighted by Gasteiger charge is 2.16. The van der Waals surface area contributed by atoms with E-state index in [1.165, 1.54) is 4.88 Å². The first kappa shape index (κ1) is 13.0. The van der Waals surface area contributed by atoms with Crippen LogP contribution in [0.2, 0.25) is 0 Å². The molecular formula is C12H18N4OS. The number of nitrogens with one attached hydrogen (secondary N) is 1. The molecule has 1 unspecified atom stereocenters. The van der Waals surface area contributed by atoms with Crippen LogP contribution in [0.4, 0.5) is 6.01 Å². The molecular weight excluding hydrogens is 248 g/mol. The summed E-state index contributed by atoms with van der Waals surface area (Å²) in [6.45, 7) is 5.73. The van der Waals surface area contributed by atoms with Gasteiger partial charge >= 0.3 is 6.01 Å². The van der Waals surface area contributed by atoms with E-state index in [1.54, 1.807) is 11.3 Å². The molecule has 1 N–H and O–H groups in total. The molecule has 98 valence electrons. The predicted molar refractivity (Wildman–Crippen MR) is 72.8 cm³/mol. The molecule has 5 nitrogen and oxygen atoms in total. The lowest BCUT2D eigenvalue weighted by molar-refractivity contribution is 0.429. The third kappa shape index (κ3) is 2.88. The zero-order chi connectivity index (χ0) is 13.0. The van der Waals surface area contributed by atoms with Gasteiger partial charge in [0.1, 0.15) is 0 Å². The standard InChI is InChI=1S/C12H18N4OS/c1-4-16(8-10-6-5-7-18-10)12-15-14-11(17-12)9(2)13-3/h5-7,9,13H,4,8H2,1-3H3. The second-order valence-electron chi connectivity index (χ2n) is 4.03. The summed E-state index contributed by atoms with van der Waals surface area (Å²) in [5.74, 6) is 0.622. The maximum absolute atomic E-state index is 5.68. The quantitative estimate of drug-likeness (QED) is 0.870. The average molecular weight is 266 g/mol. The number of nitrogens with zero attached hydrogens (tertiary/aromatic N) is 3. The number of thiophene rings is 1. The summed E-state index contributed by atoms with van der Waals surface area (Å²) in [6, 6.07) is 4.83. The van der Waals surface area contributed by atoms with Gasteiger partial charge in [0.05, 0.1) is 12.6 Å². The fourth-order valence-electron chi connectivity index (χ4n) is 1.56. The van der Waals surface area contributed by atoms with E-state index in [4.69, 9.17) is 4.42 Å². The Labute approximate surface area is 111 Å². The van der Waals surface area contributed by atoms with Gasteiger partial charge < -0.3 is 14.6 Å². The van der Waals surface area contributed by atoms with Gasteiger partial charge in [-0.15, -0.1) is 16.4 Å². The van der Waals surface area contributed by atoms with Crippen LogP contribution in [0.15, 0.2) is 21.9 Å². The molecule has 0 bridgehead atoms. The van der Waals surface area contributed by atoms with E-state index in [0.717, 1.165) is 13.1 Å². The lowest BCUT2D eigenvalue weighted by Gasteiger charge is -2.16. The smallest absolute Gasteiger partial charge is 0.318 e. The number of hydrogen-bond donors (Lipinski definition) is 1. The highest BCUT2D eigenvalue weighted by atomic mass is 32.1. The SMILES string of the molecule is CCN(Cc1cccs1)c1nnc(C(C)NC)o1. The second-order valence-corrected chi connectivity index (χ2v) is 5.06. The maximum Gasteiger partial charge on any atom is 0.318 e. The lowest BCUT2D eigenvalue weighted by atomic mass is 10.3.